The molecule has 0 spiro atoms. The van der Waals surface area contributed by atoms with Gasteiger partial charge in [-0.25, -0.2) is 0 Å². The van der Waals surface area contributed by atoms with Gasteiger partial charge >= 0.3 is 0 Å². The quantitative estimate of drug-likeness (QED) is 0.699. The molecule has 0 atom stereocenters. The van der Waals surface area contributed by atoms with Crippen LogP contribution < -0.4 is 5.32 Å². The molecule has 2 aromatic heterocycles. The van der Waals surface area contributed by atoms with E-state index in [1.54, 1.807) is 12.5 Å². The highest BCUT2D eigenvalue weighted by Gasteiger charge is 2.06. The number of carbonyl (C=O) groups excluding carboxylic acids is 1. The Labute approximate surface area is 116 Å². The maximum atomic E-state index is 12.0. The lowest BCUT2D eigenvalue weighted by Gasteiger charge is -2.04. The third-order valence-electron chi connectivity index (χ3n) is 3.23. The number of amides is 1. The fraction of sp³-hybridized carbons (Fsp3) is 0.200. The van der Waals surface area contributed by atoms with E-state index in [4.69, 9.17) is 4.52 Å². The maximum Gasteiger partial charge on any atom is 0.251 e. The molecule has 2 N–H and O–H groups in total. The van der Waals surface area contributed by atoms with E-state index in [9.17, 15) is 4.79 Å². The first kappa shape index (κ1) is 12.5. The summed E-state index contributed by atoms with van der Waals surface area (Å²) in [6.07, 6.45) is 6.90. The molecular formula is C15H15N3O2. The van der Waals surface area contributed by atoms with Crippen LogP contribution in [0.15, 0.2) is 47.4 Å². The molecule has 1 amide bonds. The molecule has 102 valence electrons. The van der Waals surface area contributed by atoms with Gasteiger partial charge in [0.1, 0.15) is 6.26 Å². The molecule has 3 rings (SSSR count). The van der Waals surface area contributed by atoms with E-state index in [-0.39, 0.29) is 5.91 Å². The third kappa shape index (κ3) is 2.71. The van der Waals surface area contributed by atoms with Crippen LogP contribution in [0.2, 0.25) is 0 Å². The van der Waals surface area contributed by atoms with Crippen LogP contribution in [0.4, 0.5) is 0 Å². The van der Waals surface area contributed by atoms with Crippen LogP contribution in [0.5, 0.6) is 0 Å². The number of hydrogen-bond acceptors (Lipinski definition) is 3. The molecule has 0 saturated carbocycles. The van der Waals surface area contributed by atoms with Crippen molar-refractivity contribution in [1.82, 2.24) is 15.5 Å². The van der Waals surface area contributed by atoms with Gasteiger partial charge in [-0.2, -0.15) is 0 Å². The van der Waals surface area contributed by atoms with Crippen LogP contribution in [0.3, 0.4) is 0 Å². The molecule has 0 saturated heterocycles. The van der Waals surface area contributed by atoms with E-state index in [1.165, 1.54) is 0 Å². The number of carbonyl (C=O) groups is 1. The average molecular weight is 269 g/mol. The van der Waals surface area contributed by atoms with Gasteiger partial charge in [0, 0.05) is 34.8 Å². The van der Waals surface area contributed by atoms with Crippen molar-refractivity contribution in [1.29, 1.82) is 0 Å². The van der Waals surface area contributed by atoms with Gasteiger partial charge in [0.05, 0.1) is 6.20 Å². The number of benzene rings is 1. The molecule has 0 radical (unpaired) electrons. The second-order valence-corrected chi connectivity index (χ2v) is 4.67. The van der Waals surface area contributed by atoms with Crippen LogP contribution in [0.25, 0.3) is 10.9 Å². The van der Waals surface area contributed by atoms with Gasteiger partial charge in [0.25, 0.3) is 5.91 Å². The molecule has 1 aromatic carbocycles. The summed E-state index contributed by atoms with van der Waals surface area (Å²) < 4.78 is 4.75. The fourth-order valence-corrected chi connectivity index (χ4v) is 2.14. The number of H-pyrrole nitrogens is 1. The SMILES string of the molecule is O=C(NCCCc1cnoc1)c1ccc2[nH]ccc2c1. The van der Waals surface area contributed by atoms with Crippen LogP contribution >= 0.6 is 0 Å². The highest BCUT2D eigenvalue weighted by Crippen LogP contribution is 2.14. The molecular weight excluding hydrogens is 254 g/mol. The molecule has 5 heteroatoms. The van der Waals surface area contributed by atoms with Gasteiger partial charge in [0.2, 0.25) is 0 Å². The van der Waals surface area contributed by atoms with Crippen LogP contribution in [-0.2, 0) is 6.42 Å². The second kappa shape index (κ2) is 5.61. The number of nitrogens with one attached hydrogen (secondary N) is 2. The van der Waals surface area contributed by atoms with Crippen molar-refractivity contribution < 1.29 is 9.32 Å². The first-order chi connectivity index (χ1) is 9.83. The number of nitrogens with zero attached hydrogens (tertiary/aromatic N) is 1. The number of aryl methyl sites for hydroxylation is 1. The summed E-state index contributed by atoms with van der Waals surface area (Å²) in [5.41, 5.74) is 2.77. The number of rotatable bonds is 5. The first-order valence-corrected chi connectivity index (χ1v) is 6.56. The van der Waals surface area contributed by atoms with Crippen molar-refractivity contribution in [3.63, 3.8) is 0 Å². The minimum absolute atomic E-state index is 0.0431. The molecule has 0 aliphatic heterocycles. The fourth-order valence-electron chi connectivity index (χ4n) is 2.14. The summed E-state index contributed by atoms with van der Waals surface area (Å²) in [7, 11) is 0. The summed E-state index contributed by atoms with van der Waals surface area (Å²) in [6, 6.07) is 7.59. The van der Waals surface area contributed by atoms with Crippen molar-refractivity contribution >= 4 is 16.8 Å². The Morgan fingerprint density at radius 1 is 1.35 bits per heavy atom. The second-order valence-electron chi connectivity index (χ2n) is 4.67. The zero-order valence-corrected chi connectivity index (χ0v) is 10.9. The topological polar surface area (TPSA) is 70.9 Å². The van der Waals surface area contributed by atoms with Crippen molar-refractivity contribution in [3.8, 4) is 0 Å². The Morgan fingerprint density at radius 2 is 2.30 bits per heavy atom. The van der Waals surface area contributed by atoms with Crippen molar-refractivity contribution in [2.24, 2.45) is 0 Å². The van der Waals surface area contributed by atoms with Gasteiger partial charge in [-0.15, -0.1) is 0 Å². The van der Waals surface area contributed by atoms with E-state index in [2.05, 4.69) is 15.5 Å². The third-order valence-corrected chi connectivity index (χ3v) is 3.23. The molecule has 20 heavy (non-hydrogen) atoms. The normalized spacial score (nSPS) is 10.8. The van der Waals surface area contributed by atoms with Gasteiger partial charge in [0.15, 0.2) is 0 Å². The van der Waals surface area contributed by atoms with E-state index in [0.29, 0.717) is 12.1 Å². The number of hydrogen-bond donors (Lipinski definition) is 2. The zero-order chi connectivity index (χ0) is 13.8. The zero-order valence-electron chi connectivity index (χ0n) is 10.9. The van der Waals surface area contributed by atoms with E-state index in [0.717, 1.165) is 29.3 Å². The summed E-state index contributed by atoms with van der Waals surface area (Å²) in [5, 5.41) is 7.60. The number of aromatic nitrogens is 2. The standard InChI is InChI=1S/C15H15N3O2/c19-15(17-6-1-2-11-9-18-20-10-11)13-3-4-14-12(8-13)5-7-16-14/h3-5,7-10,16H,1-2,6H2,(H,17,19). The van der Waals surface area contributed by atoms with Gasteiger partial charge in [-0.3, -0.25) is 4.79 Å². The number of fused-ring (bicyclic) bond motifs is 1. The van der Waals surface area contributed by atoms with Crippen LogP contribution in [-0.4, -0.2) is 22.6 Å². The van der Waals surface area contributed by atoms with Crippen LogP contribution in [0.1, 0.15) is 22.3 Å². The van der Waals surface area contributed by atoms with Crippen molar-refractivity contribution in [2.45, 2.75) is 12.8 Å². The minimum atomic E-state index is -0.0431. The predicted octanol–water partition coefficient (Wildman–Crippen LogP) is 2.52. The average Bonchev–Trinajstić information content (AvgIpc) is 3.13. The van der Waals surface area contributed by atoms with E-state index >= 15 is 0 Å². The molecule has 5 nitrogen and oxygen atoms in total. The predicted molar refractivity (Wildman–Crippen MR) is 75.5 cm³/mol. The molecule has 0 fully saturated rings. The number of aromatic amines is 1. The molecule has 3 aromatic rings. The lowest BCUT2D eigenvalue weighted by Crippen LogP contribution is -2.24. The van der Waals surface area contributed by atoms with Crippen molar-refractivity contribution in [2.75, 3.05) is 6.54 Å². The lowest BCUT2D eigenvalue weighted by molar-refractivity contribution is 0.0953. The van der Waals surface area contributed by atoms with Crippen LogP contribution in [0, 0.1) is 0 Å². The largest absolute Gasteiger partial charge is 0.364 e. The summed E-state index contributed by atoms with van der Waals surface area (Å²) in [5.74, 6) is -0.0431. The monoisotopic (exact) mass is 269 g/mol. The Kier molecular flexibility index (Phi) is 3.50. The first-order valence-electron chi connectivity index (χ1n) is 6.56. The highest BCUT2D eigenvalue weighted by atomic mass is 16.5. The van der Waals surface area contributed by atoms with Crippen molar-refractivity contribution in [3.05, 3.63) is 54.0 Å². The maximum absolute atomic E-state index is 12.0. The Balaban J connectivity index is 1.53. The molecule has 0 aliphatic rings. The minimum Gasteiger partial charge on any atom is -0.364 e. The highest BCUT2D eigenvalue weighted by molar-refractivity contribution is 5.98. The van der Waals surface area contributed by atoms with Gasteiger partial charge < -0.3 is 14.8 Å². The Hall–Kier alpha value is -2.56. The van der Waals surface area contributed by atoms with E-state index in [1.807, 2.05) is 30.5 Å². The summed E-state index contributed by atoms with van der Waals surface area (Å²) in [6.45, 7) is 0.634. The molecule has 0 unspecified atom stereocenters. The van der Waals surface area contributed by atoms with E-state index < -0.39 is 0 Å². The summed E-state index contributed by atoms with van der Waals surface area (Å²) >= 11 is 0. The lowest BCUT2D eigenvalue weighted by atomic mass is 10.1. The molecule has 0 bridgehead atoms. The Morgan fingerprint density at radius 3 is 3.15 bits per heavy atom. The van der Waals surface area contributed by atoms with Gasteiger partial charge in [-0.05, 0) is 37.1 Å². The Bertz CT molecular complexity index is 701. The molecule has 0 aliphatic carbocycles. The van der Waals surface area contributed by atoms with Gasteiger partial charge in [-0.1, -0.05) is 5.16 Å². The molecule has 2 heterocycles. The summed E-state index contributed by atoms with van der Waals surface area (Å²) in [4.78, 5) is 15.1. The smallest absolute Gasteiger partial charge is 0.251 e.